The minimum absolute atomic E-state index is 0.181. The van der Waals surface area contributed by atoms with Crippen molar-refractivity contribution < 1.29 is 5.11 Å². The molecule has 84 valence electrons. The molecule has 0 aliphatic rings. The van der Waals surface area contributed by atoms with E-state index in [0.717, 1.165) is 0 Å². The lowest BCUT2D eigenvalue weighted by atomic mass is 10.1. The van der Waals surface area contributed by atoms with Crippen LogP contribution in [-0.4, -0.2) is 32.4 Å². The van der Waals surface area contributed by atoms with E-state index in [1.807, 2.05) is 14.1 Å². The van der Waals surface area contributed by atoms with E-state index in [9.17, 15) is 0 Å². The van der Waals surface area contributed by atoms with Crippen LogP contribution in [-0.2, 0) is 0 Å². The predicted octanol–water partition coefficient (Wildman–Crippen LogP) is 1.40. The van der Waals surface area contributed by atoms with E-state index in [-0.39, 0.29) is 12.6 Å². The van der Waals surface area contributed by atoms with E-state index in [1.54, 1.807) is 0 Å². The highest BCUT2D eigenvalue weighted by atomic mass is 16.3. The molecule has 1 aromatic carbocycles. The first-order valence-electron chi connectivity index (χ1n) is 5.26. The molecular weight excluding hydrogens is 188 g/mol. The van der Waals surface area contributed by atoms with Crippen molar-refractivity contribution in [1.29, 1.82) is 0 Å². The molecule has 3 nitrogen and oxygen atoms in total. The van der Waals surface area contributed by atoms with Gasteiger partial charge in [0.05, 0.1) is 6.61 Å². The Bertz CT molecular complexity index is 282. The number of aliphatic hydroxyl groups excluding tert-OH is 1. The second-order valence-corrected chi connectivity index (χ2v) is 3.89. The number of benzene rings is 1. The largest absolute Gasteiger partial charge is 0.395 e. The Kier molecular flexibility index (Phi) is 4.59. The van der Waals surface area contributed by atoms with Gasteiger partial charge in [-0.1, -0.05) is 12.1 Å². The number of hydrogen-bond donors (Lipinski definition) is 2. The quantitative estimate of drug-likeness (QED) is 0.767. The standard InChI is InChI=1S/C12H20N2O/c1-10(13-8-9-15)11-4-6-12(7-5-11)14(2)3/h4-7,10,13,15H,8-9H2,1-3H3. The third kappa shape index (κ3) is 3.53. The van der Waals surface area contributed by atoms with Crippen LogP contribution in [0, 0.1) is 0 Å². The molecule has 0 spiro atoms. The fourth-order valence-electron chi connectivity index (χ4n) is 1.46. The summed E-state index contributed by atoms with van der Waals surface area (Å²) in [6.45, 7) is 2.91. The Morgan fingerprint density at radius 3 is 2.33 bits per heavy atom. The Hall–Kier alpha value is -1.06. The second-order valence-electron chi connectivity index (χ2n) is 3.89. The fourth-order valence-corrected chi connectivity index (χ4v) is 1.46. The van der Waals surface area contributed by atoms with Gasteiger partial charge < -0.3 is 15.3 Å². The third-order valence-electron chi connectivity index (χ3n) is 2.47. The maximum Gasteiger partial charge on any atom is 0.0556 e. The lowest BCUT2D eigenvalue weighted by molar-refractivity contribution is 0.286. The van der Waals surface area contributed by atoms with Crippen molar-refractivity contribution in [3.8, 4) is 0 Å². The maximum absolute atomic E-state index is 8.71. The van der Waals surface area contributed by atoms with E-state index < -0.39 is 0 Å². The number of nitrogens with one attached hydrogen (secondary N) is 1. The zero-order chi connectivity index (χ0) is 11.3. The van der Waals surface area contributed by atoms with E-state index in [2.05, 4.69) is 41.4 Å². The zero-order valence-electron chi connectivity index (χ0n) is 9.70. The van der Waals surface area contributed by atoms with E-state index in [1.165, 1.54) is 11.3 Å². The molecule has 0 radical (unpaired) electrons. The van der Waals surface area contributed by atoms with E-state index in [0.29, 0.717) is 6.54 Å². The van der Waals surface area contributed by atoms with Crippen LogP contribution in [0.2, 0.25) is 0 Å². The van der Waals surface area contributed by atoms with Crippen molar-refractivity contribution in [3.63, 3.8) is 0 Å². The van der Waals surface area contributed by atoms with Crippen LogP contribution in [0.5, 0.6) is 0 Å². The molecule has 0 bridgehead atoms. The zero-order valence-corrected chi connectivity index (χ0v) is 9.70. The average molecular weight is 208 g/mol. The summed E-state index contributed by atoms with van der Waals surface area (Å²) in [7, 11) is 4.06. The summed E-state index contributed by atoms with van der Waals surface area (Å²) in [4.78, 5) is 2.08. The molecule has 0 saturated carbocycles. The summed E-state index contributed by atoms with van der Waals surface area (Å²) in [5.74, 6) is 0. The van der Waals surface area contributed by atoms with Gasteiger partial charge in [-0.05, 0) is 24.6 Å². The molecule has 0 heterocycles. The Morgan fingerprint density at radius 1 is 1.27 bits per heavy atom. The van der Waals surface area contributed by atoms with Crippen molar-refractivity contribution in [1.82, 2.24) is 5.32 Å². The van der Waals surface area contributed by atoms with Crippen molar-refractivity contribution >= 4 is 5.69 Å². The molecule has 3 heteroatoms. The molecule has 1 atom stereocenters. The van der Waals surface area contributed by atoms with Gasteiger partial charge in [-0.2, -0.15) is 0 Å². The molecule has 1 rings (SSSR count). The van der Waals surface area contributed by atoms with Crippen molar-refractivity contribution in [2.75, 3.05) is 32.1 Å². The average Bonchev–Trinajstić information content (AvgIpc) is 2.26. The van der Waals surface area contributed by atoms with Crippen molar-refractivity contribution in [3.05, 3.63) is 29.8 Å². The van der Waals surface area contributed by atoms with Crippen LogP contribution >= 0.6 is 0 Å². The SMILES string of the molecule is CC(NCCO)c1ccc(N(C)C)cc1. The number of nitrogens with zero attached hydrogens (tertiary/aromatic N) is 1. The molecule has 15 heavy (non-hydrogen) atoms. The lowest BCUT2D eigenvalue weighted by Gasteiger charge is -2.16. The molecular formula is C12H20N2O. The van der Waals surface area contributed by atoms with Gasteiger partial charge in [-0.25, -0.2) is 0 Å². The minimum atomic E-state index is 0.181. The number of rotatable bonds is 5. The highest BCUT2D eigenvalue weighted by Gasteiger charge is 2.03. The van der Waals surface area contributed by atoms with Gasteiger partial charge >= 0.3 is 0 Å². The van der Waals surface area contributed by atoms with Gasteiger partial charge in [0.2, 0.25) is 0 Å². The first kappa shape index (κ1) is 12.0. The Labute approximate surface area is 91.7 Å². The first-order chi connectivity index (χ1) is 7.15. The van der Waals surface area contributed by atoms with E-state index >= 15 is 0 Å². The maximum atomic E-state index is 8.71. The normalized spacial score (nSPS) is 12.5. The van der Waals surface area contributed by atoms with Crippen LogP contribution in [0.4, 0.5) is 5.69 Å². The summed E-state index contributed by atoms with van der Waals surface area (Å²) in [6.07, 6.45) is 0. The van der Waals surface area contributed by atoms with Crippen molar-refractivity contribution in [2.24, 2.45) is 0 Å². The van der Waals surface area contributed by atoms with Gasteiger partial charge in [0.25, 0.3) is 0 Å². The van der Waals surface area contributed by atoms with Crippen LogP contribution in [0.3, 0.4) is 0 Å². The minimum Gasteiger partial charge on any atom is -0.395 e. The van der Waals surface area contributed by atoms with Gasteiger partial charge in [-0.15, -0.1) is 0 Å². The molecule has 2 N–H and O–H groups in total. The molecule has 1 unspecified atom stereocenters. The number of hydrogen-bond acceptors (Lipinski definition) is 3. The highest BCUT2D eigenvalue weighted by molar-refractivity contribution is 5.46. The molecule has 0 fully saturated rings. The van der Waals surface area contributed by atoms with Crippen LogP contribution in [0.15, 0.2) is 24.3 Å². The van der Waals surface area contributed by atoms with Crippen LogP contribution in [0.1, 0.15) is 18.5 Å². The second kappa shape index (κ2) is 5.73. The van der Waals surface area contributed by atoms with Crippen LogP contribution in [0.25, 0.3) is 0 Å². The molecule has 0 amide bonds. The predicted molar refractivity (Wildman–Crippen MR) is 64.3 cm³/mol. The molecule has 0 aliphatic carbocycles. The number of aliphatic hydroxyl groups is 1. The molecule has 1 aromatic rings. The molecule has 0 aliphatic heterocycles. The number of anilines is 1. The Morgan fingerprint density at radius 2 is 1.87 bits per heavy atom. The van der Waals surface area contributed by atoms with E-state index in [4.69, 9.17) is 5.11 Å². The summed E-state index contributed by atoms with van der Waals surface area (Å²) in [5.41, 5.74) is 2.45. The van der Waals surface area contributed by atoms with Gasteiger partial charge in [0.1, 0.15) is 0 Å². The lowest BCUT2D eigenvalue weighted by Crippen LogP contribution is -2.22. The molecule has 0 saturated heterocycles. The van der Waals surface area contributed by atoms with Gasteiger partial charge in [0.15, 0.2) is 0 Å². The summed E-state index contributed by atoms with van der Waals surface area (Å²) in [6, 6.07) is 8.72. The third-order valence-corrected chi connectivity index (χ3v) is 2.47. The van der Waals surface area contributed by atoms with Gasteiger partial charge in [-0.3, -0.25) is 0 Å². The molecule has 0 aromatic heterocycles. The summed E-state index contributed by atoms with van der Waals surface area (Å²) in [5, 5.41) is 11.9. The monoisotopic (exact) mass is 208 g/mol. The van der Waals surface area contributed by atoms with Crippen molar-refractivity contribution in [2.45, 2.75) is 13.0 Å². The fraction of sp³-hybridized carbons (Fsp3) is 0.500. The topological polar surface area (TPSA) is 35.5 Å². The summed E-state index contributed by atoms with van der Waals surface area (Å²) < 4.78 is 0. The smallest absolute Gasteiger partial charge is 0.0556 e. The summed E-state index contributed by atoms with van der Waals surface area (Å²) >= 11 is 0. The highest BCUT2D eigenvalue weighted by Crippen LogP contribution is 2.17. The Balaban J connectivity index is 2.62. The van der Waals surface area contributed by atoms with Gasteiger partial charge in [0, 0.05) is 32.4 Å². The first-order valence-corrected chi connectivity index (χ1v) is 5.26. The van der Waals surface area contributed by atoms with Crippen LogP contribution < -0.4 is 10.2 Å².